The second kappa shape index (κ2) is 4.05. The lowest BCUT2D eigenvalue weighted by Crippen LogP contribution is -1.90. The Morgan fingerprint density at radius 3 is 2.92 bits per heavy atom. The van der Waals surface area contributed by atoms with Crippen LogP contribution in [0.3, 0.4) is 0 Å². The zero-order valence-electron chi connectivity index (χ0n) is 7.31. The van der Waals surface area contributed by atoms with Gasteiger partial charge in [-0.15, -0.1) is 6.58 Å². The van der Waals surface area contributed by atoms with Gasteiger partial charge in [-0.2, -0.15) is 0 Å². The van der Waals surface area contributed by atoms with Crippen molar-refractivity contribution in [2.45, 2.75) is 19.8 Å². The molecular weight excluding hydrogens is 151 g/mol. The van der Waals surface area contributed by atoms with Crippen LogP contribution in [0.5, 0.6) is 0 Å². The van der Waals surface area contributed by atoms with Gasteiger partial charge in [0.25, 0.3) is 0 Å². The molecule has 1 heteroatoms. The highest BCUT2D eigenvalue weighted by atomic mass is 19.1. The van der Waals surface area contributed by atoms with E-state index in [-0.39, 0.29) is 5.82 Å². The molecule has 0 spiro atoms. The standard InChI is InChI=1S/C11H13F/c1-3-4-5-10-8-9(2)6-7-11(10)12/h3,6-8H,1,4-5H2,2H3. The van der Waals surface area contributed by atoms with E-state index in [2.05, 4.69) is 6.58 Å². The van der Waals surface area contributed by atoms with Crippen LogP contribution in [-0.2, 0) is 6.42 Å². The Hall–Kier alpha value is -1.11. The van der Waals surface area contributed by atoms with E-state index in [4.69, 9.17) is 0 Å². The summed E-state index contributed by atoms with van der Waals surface area (Å²) in [5.41, 5.74) is 1.89. The van der Waals surface area contributed by atoms with Crippen molar-refractivity contribution in [3.63, 3.8) is 0 Å². The van der Waals surface area contributed by atoms with E-state index < -0.39 is 0 Å². The molecule has 0 nitrogen and oxygen atoms in total. The highest BCUT2D eigenvalue weighted by Crippen LogP contribution is 2.11. The summed E-state index contributed by atoms with van der Waals surface area (Å²) in [6.07, 6.45) is 3.39. The minimum Gasteiger partial charge on any atom is -0.207 e. The quantitative estimate of drug-likeness (QED) is 0.601. The Labute approximate surface area is 72.7 Å². The maximum Gasteiger partial charge on any atom is 0.126 e. The van der Waals surface area contributed by atoms with Crippen LogP contribution >= 0.6 is 0 Å². The van der Waals surface area contributed by atoms with Gasteiger partial charge in [0.1, 0.15) is 5.82 Å². The third-order valence-corrected chi connectivity index (χ3v) is 1.82. The Morgan fingerprint density at radius 2 is 2.25 bits per heavy atom. The maximum atomic E-state index is 13.1. The largest absolute Gasteiger partial charge is 0.207 e. The van der Waals surface area contributed by atoms with Gasteiger partial charge in [-0.25, -0.2) is 4.39 Å². The van der Waals surface area contributed by atoms with Crippen LogP contribution in [0.2, 0.25) is 0 Å². The third-order valence-electron chi connectivity index (χ3n) is 1.82. The average molecular weight is 164 g/mol. The lowest BCUT2D eigenvalue weighted by molar-refractivity contribution is 0.609. The van der Waals surface area contributed by atoms with Crippen molar-refractivity contribution < 1.29 is 4.39 Å². The number of hydrogen-bond donors (Lipinski definition) is 0. The third kappa shape index (κ3) is 2.19. The summed E-state index contributed by atoms with van der Waals surface area (Å²) in [6.45, 7) is 5.57. The van der Waals surface area contributed by atoms with Crippen molar-refractivity contribution in [1.29, 1.82) is 0 Å². The molecule has 64 valence electrons. The number of aryl methyl sites for hydroxylation is 2. The van der Waals surface area contributed by atoms with E-state index in [0.29, 0.717) is 0 Å². The molecule has 0 unspecified atom stereocenters. The normalized spacial score (nSPS) is 9.83. The molecule has 1 rings (SSSR count). The molecule has 0 N–H and O–H groups in total. The molecule has 12 heavy (non-hydrogen) atoms. The van der Waals surface area contributed by atoms with E-state index in [9.17, 15) is 4.39 Å². The Morgan fingerprint density at radius 1 is 1.50 bits per heavy atom. The first-order valence-corrected chi connectivity index (χ1v) is 4.10. The second-order valence-corrected chi connectivity index (χ2v) is 2.92. The SMILES string of the molecule is C=CCCc1cc(C)ccc1F. The van der Waals surface area contributed by atoms with E-state index in [1.807, 2.05) is 19.1 Å². The lowest BCUT2D eigenvalue weighted by atomic mass is 10.1. The molecule has 1 aromatic carbocycles. The summed E-state index contributed by atoms with van der Waals surface area (Å²) >= 11 is 0. The summed E-state index contributed by atoms with van der Waals surface area (Å²) < 4.78 is 13.1. The van der Waals surface area contributed by atoms with E-state index >= 15 is 0 Å². The smallest absolute Gasteiger partial charge is 0.126 e. The van der Waals surface area contributed by atoms with E-state index in [1.54, 1.807) is 6.07 Å². The van der Waals surface area contributed by atoms with Crippen molar-refractivity contribution in [3.05, 3.63) is 47.8 Å². The van der Waals surface area contributed by atoms with Crippen LogP contribution in [0.4, 0.5) is 4.39 Å². The molecule has 0 aliphatic carbocycles. The first-order valence-electron chi connectivity index (χ1n) is 4.10. The molecular formula is C11H13F. The second-order valence-electron chi connectivity index (χ2n) is 2.92. The van der Waals surface area contributed by atoms with Crippen molar-refractivity contribution in [2.75, 3.05) is 0 Å². The molecule has 0 aliphatic rings. The van der Waals surface area contributed by atoms with E-state index in [0.717, 1.165) is 24.0 Å². The molecule has 0 saturated heterocycles. The van der Waals surface area contributed by atoms with Crippen LogP contribution < -0.4 is 0 Å². The predicted octanol–water partition coefficient (Wildman–Crippen LogP) is 3.25. The van der Waals surface area contributed by atoms with Crippen LogP contribution in [0, 0.1) is 12.7 Å². The number of hydrogen-bond acceptors (Lipinski definition) is 0. The van der Waals surface area contributed by atoms with Crippen LogP contribution in [0.25, 0.3) is 0 Å². The first kappa shape index (κ1) is 8.98. The number of benzene rings is 1. The van der Waals surface area contributed by atoms with Gasteiger partial charge in [0.05, 0.1) is 0 Å². The minimum absolute atomic E-state index is 0.109. The molecule has 0 fully saturated rings. The zero-order chi connectivity index (χ0) is 8.97. The summed E-state index contributed by atoms with van der Waals surface area (Å²) in [4.78, 5) is 0. The summed E-state index contributed by atoms with van der Waals surface area (Å²) in [7, 11) is 0. The molecule has 0 atom stereocenters. The van der Waals surface area contributed by atoms with Crippen LogP contribution in [0.15, 0.2) is 30.9 Å². The van der Waals surface area contributed by atoms with Gasteiger partial charge in [0, 0.05) is 0 Å². The molecule has 0 amide bonds. The minimum atomic E-state index is -0.109. The van der Waals surface area contributed by atoms with Crippen molar-refractivity contribution in [2.24, 2.45) is 0 Å². The van der Waals surface area contributed by atoms with Crippen molar-refractivity contribution in [1.82, 2.24) is 0 Å². The fourth-order valence-electron chi connectivity index (χ4n) is 1.15. The van der Waals surface area contributed by atoms with E-state index in [1.165, 1.54) is 6.07 Å². The summed E-state index contributed by atoms with van der Waals surface area (Å²) in [5, 5.41) is 0. The zero-order valence-corrected chi connectivity index (χ0v) is 7.31. The Balaban J connectivity index is 2.82. The summed E-state index contributed by atoms with van der Waals surface area (Å²) in [5.74, 6) is -0.109. The van der Waals surface area contributed by atoms with Gasteiger partial charge in [-0.05, 0) is 31.4 Å². The molecule has 0 bridgehead atoms. The fourth-order valence-corrected chi connectivity index (χ4v) is 1.15. The number of allylic oxidation sites excluding steroid dienone is 1. The number of halogens is 1. The Bertz CT molecular complexity index is 276. The van der Waals surface area contributed by atoms with Gasteiger partial charge < -0.3 is 0 Å². The highest BCUT2D eigenvalue weighted by Gasteiger charge is 1.99. The topological polar surface area (TPSA) is 0 Å². The highest BCUT2D eigenvalue weighted by molar-refractivity contribution is 5.24. The first-order chi connectivity index (χ1) is 5.74. The molecule has 0 heterocycles. The van der Waals surface area contributed by atoms with Crippen LogP contribution in [-0.4, -0.2) is 0 Å². The average Bonchev–Trinajstić information content (AvgIpc) is 2.07. The van der Waals surface area contributed by atoms with Gasteiger partial charge >= 0.3 is 0 Å². The number of rotatable bonds is 3. The van der Waals surface area contributed by atoms with Crippen LogP contribution in [0.1, 0.15) is 17.5 Å². The summed E-state index contributed by atoms with van der Waals surface area (Å²) in [6, 6.07) is 5.19. The van der Waals surface area contributed by atoms with Gasteiger partial charge in [0.2, 0.25) is 0 Å². The molecule has 0 aliphatic heterocycles. The van der Waals surface area contributed by atoms with Crippen molar-refractivity contribution in [3.8, 4) is 0 Å². The maximum absolute atomic E-state index is 13.1. The van der Waals surface area contributed by atoms with Crippen molar-refractivity contribution >= 4 is 0 Å². The molecule has 0 radical (unpaired) electrons. The Kier molecular flexibility index (Phi) is 3.03. The predicted molar refractivity (Wildman–Crippen MR) is 49.7 cm³/mol. The van der Waals surface area contributed by atoms with Gasteiger partial charge in [-0.3, -0.25) is 0 Å². The fraction of sp³-hybridized carbons (Fsp3) is 0.273. The van der Waals surface area contributed by atoms with Gasteiger partial charge in [-0.1, -0.05) is 23.8 Å². The molecule has 0 saturated carbocycles. The monoisotopic (exact) mass is 164 g/mol. The molecule has 1 aromatic rings. The lowest BCUT2D eigenvalue weighted by Gasteiger charge is -2.01. The van der Waals surface area contributed by atoms with Gasteiger partial charge in [0.15, 0.2) is 0 Å². The molecule has 0 aromatic heterocycles.